The van der Waals surface area contributed by atoms with Crippen molar-refractivity contribution in [2.75, 3.05) is 6.61 Å². The van der Waals surface area contributed by atoms with Gasteiger partial charge >= 0.3 is 0 Å². The van der Waals surface area contributed by atoms with Gasteiger partial charge in [-0.3, -0.25) is 9.59 Å². The summed E-state index contributed by atoms with van der Waals surface area (Å²) in [6, 6.07) is 16.6. The highest BCUT2D eigenvalue weighted by Crippen LogP contribution is 2.17. The first-order valence-corrected chi connectivity index (χ1v) is 9.20. The minimum Gasteiger partial charge on any atom is -0.484 e. The third-order valence-corrected chi connectivity index (χ3v) is 4.24. The van der Waals surface area contributed by atoms with Crippen molar-refractivity contribution in [1.82, 2.24) is 10.2 Å². The molecule has 0 aliphatic rings. The molecule has 5 heteroatoms. The molecule has 0 aliphatic heterocycles. The molecule has 2 aromatic rings. The first kappa shape index (κ1) is 20.5. The number of hydrogen-bond acceptors (Lipinski definition) is 3. The smallest absolute Gasteiger partial charge is 0.261 e. The summed E-state index contributed by atoms with van der Waals surface area (Å²) in [5.74, 6) is 0.267. The van der Waals surface area contributed by atoms with Crippen LogP contribution in [0.4, 0.5) is 0 Å². The molecule has 2 rings (SSSR count). The monoisotopic (exact) mass is 368 g/mol. The van der Waals surface area contributed by atoms with E-state index in [2.05, 4.69) is 5.32 Å². The molecule has 0 heterocycles. The Morgan fingerprint density at radius 2 is 1.63 bits per heavy atom. The summed E-state index contributed by atoms with van der Waals surface area (Å²) in [6.07, 6.45) is 0. The van der Waals surface area contributed by atoms with E-state index in [1.54, 1.807) is 11.8 Å². The van der Waals surface area contributed by atoms with Crippen LogP contribution in [0.2, 0.25) is 0 Å². The van der Waals surface area contributed by atoms with Crippen molar-refractivity contribution in [1.29, 1.82) is 0 Å². The number of hydrogen-bond donors (Lipinski definition) is 1. The summed E-state index contributed by atoms with van der Waals surface area (Å²) >= 11 is 0. The summed E-state index contributed by atoms with van der Waals surface area (Å²) < 4.78 is 5.71. The summed E-state index contributed by atoms with van der Waals surface area (Å²) in [6.45, 7) is 7.71. The Labute approximate surface area is 161 Å². The van der Waals surface area contributed by atoms with Crippen LogP contribution < -0.4 is 10.1 Å². The molecule has 2 amide bonds. The Bertz CT molecular complexity index is 759. The predicted octanol–water partition coefficient (Wildman–Crippen LogP) is 3.32. The van der Waals surface area contributed by atoms with Gasteiger partial charge in [0, 0.05) is 12.6 Å². The predicted molar refractivity (Wildman–Crippen MR) is 106 cm³/mol. The number of nitrogens with one attached hydrogen (secondary N) is 1. The quantitative estimate of drug-likeness (QED) is 0.778. The lowest BCUT2D eigenvalue weighted by Gasteiger charge is -2.29. The van der Waals surface area contributed by atoms with Crippen molar-refractivity contribution in [3.05, 3.63) is 65.7 Å². The van der Waals surface area contributed by atoms with Crippen LogP contribution >= 0.6 is 0 Å². The van der Waals surface area contributed by atoms with Crippen molar-refractivity contribution in [2.45, 2.75) is 46.3 Å². The average molecular weight is 368 g/mol. The molecule has 5 nitrogen and oxygen atoms in total. The molecular weight excluding hydrogens is 340 g/mol. The molecule has 27 heavy (non-hydrogen) atoms. The lowest BCUT2D eigenvalue weighted by atomic mass is 10.1. The summed E-state index contributed by atoms with van der Waals surface area (Å²) in [5.41, 5.74) is 1.93. The van der Waals surface area contributed by atoms with Crippen LogP contribution in [0, 0.1) is 6.92 Å². The standard InChI is InChI=1S/C22H28N2O3/c1-16(2)23-22(26)18(4)24(14-19-11-6-5-7-12-19)21(25)15-27-20-13-9-8-10-17(20)3/h5-13,16,18H,14-15H2,1-4H3,(H,23,26). The van der Waals surface area contributed by atoms with Gasteiger partial charge in [0.1, 0.15) is 11.8 Å². The maximum Gasteiger partial charge on any atom is 0.261 e. The lowest BCUT2D eigenvalue weighted by molar-refractivity contribution is -0.142. The van der Waals surface area contributed by atoms with Crippen molar-refractivity contribution >= 4 is 11.8 Å². The SMILES string of the molecule is Cc1ccccc1OCC(=O)N(Cc1ccccc1)C(C)C(=O)NC(C)C. The molecule has 2 aromatic carbocycles. The number of aryl methyl sites for hydroxylation is 1. The maximum absolute atomic E-state index is 12.9. The highest BCUT2D eigenvalue weighted by atomic mass is 16.5. The Morgan fingerprint density at radius 1 is 1.00 bits per heavy atom. The molecule has 1 atom stereocenters. The van der Waals surface area contributed by atoms with Gasteiger partial charge in [-0.05, 0) is 44.9 Å². The molecule has 0 saturated carbocycles. The van der Waals surface area contributed by atoms with Gasteiger partial charge in [0.2, 0.25) is 5.91 Å². The zero-order valence-electron chi connectivity index (χ0n) is 16.4. The van der Waals surface area contributed by atoms with E-state index in [-0.39, 0.29) is 24.5 Å². The van der Waals surface area contributed by atoms with Crippen LogP contribution in [0.3, 0.4) is 0 Å². The van der Waals surface area contributed by atoms with Gasteiger partial charge in [0.15, 0.2) is 6.61 Å². The molecule has 0 radical (unpaired) electrons. The Balaban J connectivity index is 2.13. The molecule has 0 bridgehead atoms. The largest absolute Gasteiger partial charge is 0.484 e. The number of carbonyl (C=O) groups excluding carboxylic acids is 2. The van der Waals surface area contributed by atoms with Crippen LogP contribution in [0.25, 0.3) is 0 Å². The fourth-order valence-corrected chi connectivity index (χ4v) is 2.71. The number of para-hydroxylation sites is 1. The number of benzene rings is 2. The Kier molecular flexibility index (Phi) is 7.41. The van der Waals surface area contributed by atoms with Crippen molar-refractivity contribution in [3.8, 4) is 5.75 Å². The summed E-state index contributed by atoms with van der Waals surface area (Å²) in [5, 5.41) is 2.87. The third kappa shape index (κ3) is 6.13. The second-order valence-electron chi connectivity index (χ2n) is 6.90. The Morgan fingerprint density at radius 3 is 2.26 bits per heavy atom. The molecule has 0 aliphatic carbocycles. The zero-order chi connectivity index (χ0) is 19.8. The second-order valence-corrected chi connectivity index (χ2v) is 6.90. The van der Waals surface area contributed by atoms with Gasteiger partial charge in [0.25, 0.3) is 5.91 Å². The molecule has 1 unspecified atom stereocenters. The molecule has 0 saturated heterocycles. The normalized spacial score (nSPS) is 11.7. The van der Waals surface area contributed by atoms with Gasteiger partial charge in [0.05, 0.1) is 0 Å². The fourth-order valence-electron chi connectivity index (χ4n) is 2.71. The molecule has 144 valence electrons. The topological polar surface area (TPSA) is 58.6 Å². The summed E-state index contributed by atoms with van der Waals surface area (Å²) in [7, 11) is 0. The van der Waals surface area contributed by atoms with Crippen molar-refractivity contribution in [3.63, 3.8) is 0 Å². The van der Waals surface area contributed by atoms with E-state index >= 15 is 0 Å². The minimum absolute atomic E-state index is 0.0110. The Hall–Kier alpha value is -2.82. The van der Waals surface area contributed by atoms with Crippen LogP contribution in [0.15, 0.2) is 54.6 Å². The van der Waals surface area contributed by atoms with E-state index < -0.39 is 6.04 Å². The number of amides is 2. The van der Waals surface area contributed by atoms with E-state index in [0.29, 0.717) is 12.3 Å². The molecular formula is C22H28N2O3. The maximum atomic E-state index is 12.9. The number of ether oxygens (including phenoxy) is 1. The molecule has 1 N–H and O–H groups in total. The molecule has 0 spiro atoms. The molecule has 0 fully saturated rings. The van der Waals surface area contributed by atoms with E-state index in [1.807, 2.05) is 75.4 Å². The number of rotatable bonds is 8. The van der Waals surface area contributed by atoms with E-state index in [1.165, 1.54) is 0 Å². The van der Waals surface area contributed by atoms with Crippen LogP contribution in [0.1, 0.15) is 31.9 Å². The van der Waals surface area contributed by atoms with E-state index in [0.717, 1.165) is 11.1 Å². The first-order chi connectivity index (χ1) is 12.9. The van der Waals surface area contributed by atoms with Crippen molar-refractivity contribution < 1.29 is 14.3 Å². The zero-order valence-corrected chi connectivity index (χ0v) is 16.4. The lowest BCUT2D eigenvalue weighted by Crippen LogP contribution is -2.50. The van der Waals surface area contributed by atoms with Gasteiger partial charge in [-0.1, -0.05) is 48.5 Å². The van der Waals surface area contributed by atoms with E-state index in [9.17, 15) is 9.59 Å². The van der Waals surface area contributed by atoms with Gasteiger partial charge < -0.3 is 15.0 Å². The van der Waals surface area contributed by atoms with Crippen molar-refractivity contribution in [2.24, 2.45) is 0 Å². The first-order valence-electron chi connectivity index (χ1n) is 9.20. The third-order valence-electron chi connectivity index (χ3n) is 4.24. The number of carbonyl (C=O) groups is 2. The van der Waals surface area contributed by atoms with E-state index in [4.69, 9.17) is 4.74 Å². The van der Waals surface area contributed by atoms with Gasteiger partial charge in [-0.15, -0.1) is 0 Å². The number of nitrogens with zero attached hydrogens (tertiary/aromatic N) is 1. The van der Waals surface area contributed by atoms with Gasteiger partial charge in [-0.25, -0.2) is 0 Å². The second kappa shape index (κ2) is 9.76. The highest BCUT2D eigenvalue weighted by Gasteiger charge is 2.26. The average Bonchev–Trinajstić information content (AvgIpc) is 2.65. The van der Waals surface area contributed by atoms with Crippen LogP contribution in [-0.2, 0) is 16.1 Å². The van der Waals surface area contributed by atoms with Crippen LogP contribution in [0.5, 0.6) is 5.75 Å². The van der Waals surface area contributed by atoms with Crippen LogP contribution in [-0.4, -0.2) is 35.4 Å². The van der Waals surface area contributed by atoms with Gasteiger partial charge in [-0.2, -0.15) is 0 Å². The minimum atomic E-state index is -0.597. The fraction of sp³-hybridized carbons (Fsp3) is 0.364. The summed E-state index contributed by atoms with van der Waals surface area (Å²) in [4.78, 5) is 26.9. The highest BCUT2D eigenvalue weighted by molar-refractivity contribution is 5.88. The molecule has 0 aromatic heterocycles.